The molecule has 1 aromatic carbocycles. The Bertz CT molecular complexity index is 607. The van der Waals surface area contributed by atoms with E-state index in [2.05, 4.69) is 0 Å². The molecular weight excluding hydrogens is 415 g/mol. The lowest BCUT2D eigenvalue weighted by molar-refractivity contribution is -0.00978. The summed E-state index contributed by atoms with van der Waals surface area (Å²) in [6.07, 6.45) is 0. The second-order valence-corrected chi connectivity index (χ2v) is 8.45. The second-order valence-electron chi connectivity index (χ2n) is 8.45. The number of hydrogen-bond acceptors (Lipinski definition) is 8. The van der Waals surface area contributed by atoms with Crippen molar-refractivity contribution in [2.75, 3.05) is 73.2 Å². The molecule has 0 atom stereocenters. The molecule has 1 fully saturated rings. The molecule has 0 spiro atoms. The van der Waals surface area contributed by atoms with Crippen LogP contribution in [-0.2, 0) is 33.0 Å². The third-order valence-corrected chi connectivity index (χ3v) is 5.45. The van der Waals surface area contributed by atoms with Crippen molar-refractivity contribution in [3.8, 4) is 5.75 Å². The van der Waals surface area contributed by atoms with Crippen LogP contribution in [-0.4, -0.2) is 91.5 Å². The maximum absolute atomic E-state index is 6.07. The Balaban J connectivity index is 1.45. The summed E-state index contributed by atoms with van der Waals surface area (Å²) in [7, 11) is 1.29. The van der Waals surface area contributed by atoms with Gasteiger partial charge >= 0.3 is 7.12 Å². The molecule has 0 radical (unpaired) electrons. The van der Waals surface area contributed by atoms with E-state index in [1.165, 1.54) is 0 Å². The van der Waals surface area contributed by atoms with Crippen molar-refractivity contribution in [1.29, 1.82) is 0 Å². The van der Waals surface area contributed by atoms with Crippen LogP contribution in [0.1, 0.15) is 27.7 Å². The lowest BCUT2D eigenvalue weighted by Gasteiger charge is -2.32. The molecule has 0 N–H and O–H groups in total. The average Bonchev–Trinajstić information content (AvgIpc) is 2.98. The molecule has 0 aliphatic carbocycles. The van der Waals surface area contributed by atoms with Gasteiger partial charge in [-0.15, -0.1) is 0 Å². The van der Waals surface area contributed by atoms with Gasteiger partial charge in [0.05, 0.1) is 70.7 Å². The number of methoxy groups -OCH3 is 1. The molecule has 32 heavy (non-hydrogen) atoms. The topological polar surface area (TPSA) is 73.8 Å². The summed E-state index contributed by atoms with van der Waals surface area (Å²) < 4.78 is 44.4. The number of rotatable bonds is 17. The minimum atomic E-state index is -0.364. The first-order valence-corrected chi connectivity index (χ1v) is 11.2. The quantitative estimate of drug-likeness (QED) is 0.262. The molecular formula is C23H39BO8. The minimum absolute atomic E-state index is 0.347. The third kappa shape index (κ3) is 9.35. The van der Waals surface area contributed by atoms with Gasteiger partial charge in [-0.3, -0.25) is 0 Å². The van der Waals surface area contributed by atoms with E-state index in [-0.39, 0.29) is 18.3 Å². The van der Waals surface area contributed by atoms with E-state index >= 15 is 0 Å². The molecule has 2 rings (SSSR count). The molecule has 0 aromatic heterocycles. The van der Waals surface area contributed by atoms with Crippen molar-refractivity contribution in [2.45, 2.75) is 38.9 Å². The van der Waals surface area contributed by atoms with E-state index in [9.17, 15) is 0 Å². The smallest absolute Gasteiger partial charge is 0.491 e. The van der Waals surface area contributed by atoms with Crippen molar-refractivity contribution >= 4 is 12.6 Å². The highest BCUT2D eigenvalue weighted by Crippen LogP contribution is 2.36. The molecule has 8 nitrogen and oxygen atoms in total. The van der Waals surface area contributed by atoms with E-state index in [0.29, 0.717) is 66.1 Å². The van der Waals surface area contributed by atoms with Gasteiger partial charge in [0.15, 0.2) is 0 Å². The summed E-state index contributed by atoms with van der Waals surface area (Å²) in [5.74, 6) is 0.786. The van der Waals surface area contributed by atoms with Crippen LogP contribution in [0, 0.1) is 0 Å². The molecule has 1 aliphatic heterocycles. The zero-order valence-electron chi connectivity index (χ0n) is 20.2. The fourth-order valence-corrected chi connectivity index (χ4v) is 2.82. The summed E-state index contributed by atoms with van der Waals surface area (Å²) in [6.45, 7) is 13.6. The fourth-order valence-electron chi connectivity index (χ4n) is 2.82. The Morgan fingerprint density at radius 3 is 1.47 bits per heavy atom. The first kappa shape index (κ1) is 27.1. The monoisotopic (exact) mass is 454 g/mol. The van der Waals surface area contributed by atoms with Gasteiger partial charge in [-0.05, 0) is 45.3 Å². The average molecular weight is 454 g/mol. The standard InChI is InChI=1S/C23H39BO8/c1-22(2)23(3,4)32-24(31-22)20-6-8-21(9-7-20)30-19-18-29-17-16-28-15-14-27-13-12-26-11-10-25-5/h6-9H,10-19H2,1-5H3. The van der Waals surface area contributed by atoms with Crippen LogP contribution in [0.5, 0.6) is 5.75 Å². The van der Waals surface area contributed by atoms with Crippen LogP contribution in [0.25, 0.3) is 0 Å². The van der Waals surface area contributed by atoms with Gasteiger partial charge in [-0.1, -0.05) is 12.1 Å². The molecule has 0 amide bonds. The molecule has 1 aliphatic rings. The third-order valence-electron chi connectivity index (χ3n) is 5.45. The van der Waals surface area contributed by atoms with Crippen LogP contribution in [0.4, 0.5) is 0 Å². The Morgan fingerprint density at radius 2 is 1.03 bits per heavy atom. The fraction of sp³-hybridized carbons (Fsp3) is 0.739. The summed E-state index contributed by atoms with van der Waals surface area (Å²) in [6, 6.07) is 7.79. The first-order chi connectivity index (χ1) is 15.4. The Hall–Kier alpha value is -1.20. The molecule has 1 saturated heterocycles. The molecule has 1 aromatic rings. The zero-order chi connectivity index (χ0) is 23.3. The molecule has 0 unspecified atom stereocenters. The molecule has 1 heterocycles. The van der Waals surface area contributed by atoms with Crippen LogP contribution < -0.4 is 10.2 Å². The van der Waals surface area contributed by atoms with Gasteiger partial charge in [0, 0.05) is 7.11 Å². The van der Waals surface area contributed by atoms with Gasteiger partial charge in [-0.25, -0.2) is 0 Å². The predicted octanol–water partition coefficient (Wildman–Crippen LogP) is 2.08. The van der Waals surface area contributed by atoms with Gasteiger partial charge in [0.1, 0.15) is 12.4 Å². The Kier molecular flexibility index (Phi) is 12.0. The lowest BCUT2D eigenvalue weighted by atomic mass is 9.79. The summed E-state index contributed by atoms with van der Waals surface area (Å²) in [5, 5.41) is 0. The van der Waals surface area contributed by atoms with Crippen molar-refractivity contribution in [3.63, 3.8) is 0 Å². The maximum Gasteiger partial charge on any atom is 0.494 e. The zero-order valence-corrected chi connectivity index (χ0v) is 20.2. The highest BCUT2D eigenvalue weighted by atomic mass is 16.7. The van der Waals surface area contributed by atoms with Crippen molar-refractivity contribution in [1.82, 2.24) is 0 Å². The SMILES string of the molecule is COCCOCCOCCOCCOCCOc1ccc(B2OC(C)(C)C(C)(C)O2)cc1. The number of benzene rings is 1. The van der Waals surface area contributed by atoms with Gasteiger partial charge in [-0.2, -0.15) is 0 Å². The molecule has 0 bridgehead atoms. The summed E-state index contributed by atoms with van der Waals surface area (Å²) in [5.41, 5.74) is 0.284. The Labute approximate surface area is 192 Å². The highest BCUT2D eigenvalue weighted by molar-refractivity contribution is 6.62. The first-order valence-electron chi connectivity index (χ1n) is 11.2. The number of hydrogen-bond donors (Lipinski definition) is 0. The summed E-state index contributed by atoms with van der Waals surface area (Å²) in [4.78, 5) is 0. The highest BCUT2D eigenvalue weighted by Gasteiger charge is 2.51. The molecule has 0 saturated carbocycles. The largest absolute Gasteiger partial charge is 0.494 e. The Morgan fingerprint density at radius 1 is 0.625 bits per heavy atom. The minimum Gasteiger partial charge on any atom is -0.491 e. The molecule has 182 valence electrons. The van der Waals surface area contributed by atoms with Gasteiger partial charge in [0.25, 0.3) is 0 Å². The van der Waals surface area contributed by atoms with Crippen molar-refractivity contribution < 1.29 is 37.7 Å². The van der Waals surface area contributed by atoms with E-state index in [0.717, 1.165) is 11.2 Å². The van der Waals surface area contributed by atoms with Gasteiger partial charge < -0.3 is 37.7 Å². The normalized spacial score (nSPS) is 17.1. The lowest BCUT2D eigenvalue weighted by Crippen LogP contribution is -2.41. The van der Waals surface area contributed by atoms with Crippen molar-refractivity contribution in [3.05, 3.63) is 24.3 Å². The van der Waals surface area contributed by atoms with Gasteiger partial charge in [0.2, 0.25) is 0 Å². The maximum atomic E-state index is 6.07. The second kappa shape index (κ2) is 14.2. The van der Waals surface area contributed by atoms with Crippen LogP contribution in [0.15, 0.2) is 24.3 Å². The van der Waals surface area contributed by atoms with E-state index < -0.39 is 0 Å². The molecule has 9 heteroatoms. The van der Waals surface area contributed by atoms with Crippen LogP contribution in [0.2, 0.25) is 0 Å². The van der Waals surface area contributed by atoms with E-state index in [1.54, 1.807) is 7.11 Å². The van der Waals surface area contributed by atoms with E-state index in [1.807, 2.05) is 52.0 Å². The van der Waals surface area contributed by atoms with Crippen LogP contribution >= 0.6 is 0 Å². The van der Waals surface area contributed by atoms with E-state index in [4.69, 9.17) is 37.7 Å². The summed E-state index contributed by atoms with van der Waals surface area (Å²) >= 11 is 0. The van der Waals surface area contributed by atoms with Crippen molar-refractivity contribution in [2.24, 2.45) is 0 Å². The number of ether oxygens (including phenoxy) is 6. The predicted molar refractivity (Wildman–Crippen MR) is 123 cm³/mol. The van der Waals surface area contributed by atoms with Crippen LogP contribution in [0.3, 0.4) is 0 Å².